The van der Waals surface area contributed by atoms with E-state index in [-0.39, 0.29) is 11.1 Å². The second-order valence-corrected chi connectivity index (χ2v) is 8.18. The first-order valence-corrected chi connectivity index (χ1v) is 9.26. The van der Waals surface area contributed by atoms with Gasteiger partial charge in [0.1, 0.15) is 22.8 Å². The van der Waals surface area contributed by atoms with Gasteiger partial charge in [-0.3, -0.25) is 14.4 Å². The van der Waals surface area contributed by atoms with E-state index < -0.39 is 81.1 Å². The van der Waals surface area contributed by atoms with Gasteiger partial charge in [-0.05, 0) is 18.6 Å². The zero-order chi connectivity index (χ0) is 23.2. The van der Waals surface area contributed by atoms with Gasteiger partial charge in [-0.15, -0.1) is 0 Å². The summed E-state index contributed by atoms with van der Waals surface area (Å²) in [6, 6.07) is 2.07. The van der Waals surface area contributed by atoms with Crippen molar-refractivity contribution in [3.63, 3.8) is 0 Å². The first-order chi connectivity index (χ1) is 14.3. The van der Waals surface area contributed by atoms with Crippen LogP contribution in [-0.2, 0) is 20.0 Å². The normalized spacial score (nSPS) is 37.3. The SMILES string of the molecule is CC1(O)c2cccc(O)c2C(O)=C2C(=O)[C@]3(O)C(O)=C(C(N)=O)C(=O)[C@@H](N)C3C(O)C21. The molecule has 164 valence electrons. The molecule has 1 amide bonds. The molecule has 0 bridgehead atoms. The number of amides is 1. The van der Waals surface area contributed by atoms with Crippen LogP contribution in [0.3, 0.4) is 0 Å². The maximum absolute atomic E-state index is 13.4. The smallest absolute Gasteiger partial charge is 0.255 e. The number of aliphatic hydroxyl groups is 5. The molecule has 0 aromatic heterocycles. The van der Waals surface area contributed by atoms with Crippen LogP contribution in [0.15, 0.2) is 35.1 Å². The van der Waals surface area contributed by atoms with Crippen molar-refractivity contribution in [1.29, 1.82) is 0 Å². The van der Waals surface area contributed by atoms with Crippen molar-refractivity contribution in [2.75, 3.05) is 0 Å². The zero-order valence-electron chi connectivity index (χ0n) is 16.1. The average molecular weight is 432 g/mol. The second kappa shape index (κ2) is 6.14. The largest absolute Gasteiger partial charge is 0.508 e. The number of phenols is 1. The number of aromatic hydroxyl groups is 1. The lowest BCUT2D eigenvalue weighted by atomic mass is 9.53. The molecular weight excluding hydrogens is 412 g/mol. The van der Waals surface area contributed by atoms with Crippen LogP contribution in [0.1, 0.15) is 18.1 Å². The Labute approximate surface area is 174 Å². The molecule has 3 aliphatic rings. The number of hydrogen-bond acceptors (Lipinski definition) is 10. The topological polar surface area (TPSA) is 225 Å². The summed E-state index contributed by atoms with van der Waals surface area (Å²) in [6.45, 7) is 1.21. The van der Waals surface area contributed by atoms with Gasteiger partial charge in [0.2, 0.25) is 5.78 Å². The number of carbonyl (C=O) groups excluding carboxylic acids is 3. The molecule has 10 N–H and O–H groups in total. The lowest BCUT2D eigenvalue weighted by Gasteiger charge is -2.54. The number of carbonyl (C=O) groups is 3. The number of hydrogen-bond donors (Lipinski definition) is 8. The van der Waals surface area contributed by atoms with E-state index in [1.807, 2.05) is 0 Å². The molecule has 1 aromatic carbocycles. The minimum Gasteiger partial charge on any atom is -0.508 e. The van der Waals surface area contributed by atoms with Gasteiger partial charge in [-0.25, -0.2) is 0 Å². The maximum Gasteiger partial charge on any atom is 0.255 e. The standard InChI is InChI=1S/C20H20N2O9/c1-19(30)5-3-2-4-6(23)7(5)13(24)8-10(19)15(26)11-12(21)14(25)9(18(22)29)17(28)20(11,31)16(8)27/h2-4,10-12,15,23-24,26,28,30-31H,21H2,1H3,(H2,22,29)/t10?,11?,12-,15?,19?,20-/m0/s1. The molecule has 11 heteroatoms. The van der Waals surface area contributed by atoms with Crippen molar-refractivity contribution in [2.45, 2.75) is 30.3 Å². The molecule has 4 unspecified atom stereocenters. The van der Waals surface area contributed by atoms with Crippen molar-refractivity contribution in [3.8, 4) is 5.75 Å². The van der Waals surface area contributed by atoms with Crippen LogP contribution in [0.4, 0.5) is 0 Å². The number of Topliss-reactive ketones (excluding diaryl/α,β-unsaturated/α-hetero) is 2. The van der Waals surface area contributed by atoms with Gasteiger partial charge in [0.15, 0.2) is 11.4 Å². The third kappa shape index (κ3) is 2.28. The summed E-state index contributed by atoms with van der Waals surface area (Å²) in [6.07, 6.45) is -1.94. The van der Waals surface area contributed by atoms with Gasteiger partial charge < -0.3 is 42.1 Å². The summed E-state index contributed by atoms with van der Waals surface area (Å²) in [5.74, 6) is -10.3. The van der Waals surface area contributed by atoms with E-state index in [2.05, 4.69) is 0 Å². The molecule has 0 saturated heterocycles. The molecule has 0 radical (unpaired) electrons. The number of phenolic OH excluding ortho intramolecular Hbond substituents is 1. The molecule has 31 heavy (non-hydrogen) atoms. The second-order valence-electron chi connectivity index (χ2n) is 8.18. The van der Waals surface area contributed by atoms with Crippen molar-refractivity contribution < 1.29 is 45.0 Å². The predicted octanol–water partition coefficient (Wildman–Crippen LogP) is -2.00. The fraction of sp³-hybridized carbons (Fsp3) is 0.350. The number of benzene rings is 1. The Bertz CT molecular complexity index is 1140. The Morgan fingerprint density at radius 2 is 1.74 bits per heavy atom. The van der Waals surface area contributed by atoms with E-state index in [1.54, 1.807) is 0 Å². The van der Waals surface area contributed by atoms with Crippen LogP contribution in [0, 0.1) is 11.8 Å². The van der Waals surface area contributed by atoms with Gasteiger partial charge in [-0.1, -0.05) is 12.1 Å². The maximum atomic E-state index is 13.4. The van der Waals surface area contributed by atoms with E-state index in [9.17, 15) is 45.0 Å². The molecule has 0 spiro atoms. The molecular formula is C20H20N2O9. The highest BCUT2D eigenvalue weighted by Crippen LogP contribution is 2.56. The Hall–Kier alpha value is -3.25. The quantitative estimate of drug-likeness (QED) is 0.228. The van der Waals surface area contributed by atoms with E-state index >= 15 is 0 Å². The lowest BCUT2D eigenvalue weighted by molar-refractivity contribution is -0.175. The molecule has 6 atom stereocenters. The van der Waals surface area contributed by atoms with Crippen LogP contribution in [0.5, 0.6) is 5.75 Å². The number of fused-ring (bicyclic) bond motifs is 3. The molecule has 4 rings (SSSR count). The van der Waals surface area contributed by atoms with Crippen LogP contribution in [-0.4, -0.2) is 65.9 Å². The van der Waals surface area contributed by atoms with Crippen molar-refractivity contribution >= 4 is 23.2 Å². The number of primary amides is 1. The van der Waals surface area contributed by atoms with Crippen LogP contribution >= 0.6 is 0 Å². The molecule has 1 fully saturated rings. The average Bonchev–Trinajstić information content (AvgIpc) is 2.67. The van der Waals surface area contributed by atoms with Gasteiger partial charge >= 0.3 is 0 Å². The Morgan fingerprint density at radius 3 is 2.32 bits per heavy atom. The highest BCUT2D eigenvalue weighted by atomic mass is 16.4. The van der Waals surface area contributed by atoms with Gasteiger partial charge in [0.05, 0.1) is 40.7 Å². The van der Waals surface area contributed by atoms with E-state index in [0.717, 1.165) is 0 Å². The Morgan fingerprint density at radius 1 is 1.13 bits per heavy atom. The summed E-state index contributed by atoms with van der Waals surface area (Å²) in [5.41, 5.74) is 3.65. The molecule has 1 saturated carbocycles. The molecule has 0 aliphatic heterocycles. The zero-order valence-corrected chi connectivity index (χ0v) is 16.1. The van der Waals surface area contributed by atoms with Gasteiger partial charge in [-0.2, -0.15) is 0 Å². The minimum atomic E-state index is -3.09. The lowest BCUT2D eigenvalue weighted by Crippen LogP contribution is -2.71. The van der Waals surface area contributed by atoms with Crippen LogP contribution < -0.4 is 11.5 Å². The van der Waals surface area contributed by atoms with E-state index in [0.29, 0.717) is 0 Å². The fourth-order valence-electron chi connectivity index (χ4n) is 5.12. The number of ketones is 2. The highest BCUT2D eigenvalue weighted by molar-refractivity contribution is 6.24. The number of aliphatic hydroxyl groups excluding tert-OH is 3. The van der Waals surface area contributed by atoms with Crippen LogP contribution in [0.25, 0.3) is 5.76 Å². The van der Waals surface area contributed by atoms with Gasteiger partial charge in [0, 0.05) is 0 Å². The molecule has 0 heterocycles. The van der Waals surface area contributed by atoms with Crippen molar-refractivity contribution in [3.05, 3.63) is 46.2 Å². The summed E-state index contributed by atoms with van der Waals surface area (Å²) in [4.78, 5) is 37.6. The van der Waals surface area contributed by atoms with E-state index in [1.165, 1.54) is 25.1 Å². The summed E-state index contributed by atoms with van der Waals surface area (Å²) < 4.78 is 0. The minimum absolute atomic E-state index is 0.0238. The number of nitrogens with two attached hydrogens (primary N) is 2. The van der Waals surface area contributed by atoms with Gasteiger partial charge in [0.25, 0.3) is 5.91 Å². The number of rotatable bonds is 1. The monoisotopic (exact) mass is 432 g/mol. The highest BCUT2D eigenvalue weighted by Gasteiger charge is 2.69. The van der Waals surface area contributed by atoms with E-state index in [4.69, 9.17) is 11.5 Å². The Balaban J connectivity index is 2.09. The third-order valence-electron chi connectivity index (χ3n) is 6.56. The molecule has 3 aliphatic carbocycles. The fourth-order valence-corrected chi connectivity index (χ4v) is 5.12. The first kappa shape index (κ1) is 21.0. The van der Waals surface area contributed by atoms with Crippen LogP contribution in [0.2, 0.25) is 0 Å². The van der Waals surface area contributed by atoms with Crippen molar-refractivity contribution in [2.24, 2.45) is 23.3 Å². The van der Waals surface area contributed by atoms with Crippen molar-refractivity contribution in [1.82, 2.24) is 0 Å². The first-order valence-electron chi connectivity index (χ1n) is 9.26. The summed E-state index contributed by atoms with van der Waals surface area (Å²) in [7, 11) is 0. The third-order valence-corrected chi connectivity index (χ3v) is 6.56. The molecule has 11 nitrogen and oxygen atoms in total. The Kier molecular flexibility index (Phi) is 4.16. The summed E-state index contributed by atoms with van der Waals surface area (Å²) >= 11 is 0. The summed E-state index contributed by atoms with van der Waals surface area (Å²) in [5, 5.41) is 65.1. The molecule has 1 aromatic rings. The predicted molar refractivity (Wildman–Crippen MR) is 102 cm³/mol.